The Morgan fingerprint density at radius 3 is 2.67 bits per heavy atom. The van der Waals surface area contributed by atoms with Crippen LogP contribution in [0.2, 0.25) is 5.02 Å². The number of carbonyl (C=O) groups is 1. The third-order valence-electron chi connectivity index (χ3n) is 3.20. The maximum atomic E-state index is 12.2. The summed E-state index contributed by atoms with van der Waals surface area (Å²) in [6, 6.07) is 5.06. The largest absolute Gasteiger partial charge is 0.491 e. The van der Waals surface area contributed by atoms with Crippen molar-refractivity contribution in [1.82, 2.24) is 9.88 Å². The fourth-order valence-corrected chi connectivity index (χ4v) is 2.16. The molecule has 0 aliphatic carbocycles. The molecule has 10 heteroatoms. The number of amides is 1. The number of nitrogens with one attached hydrogen (secondary N) is 2. The van der Waals surface area contributed by atoms with Gasteiger partial charge in [0.15, 0.2) is 5.96 Å². The van der Waals surface area contributed by atoms with Gasteiger partial charge < -0.3 is 21.2 Å². The van der Waals surface area contributed by atoms with E-state index in [1.807, 2.05) is 0 Å². The molecule has 0 saturated heterocycles. The van der Waals surface area contributed by atoms with Gasteiger partial charge in [-0.2, -0.15) is 0 Å². The van der Waals surface area contributed by atoms with E-state index < -0.39 is 5.91 Å². The SMILES string of the molecule is CN(C(=N)N)C(=O)c1cc2c(Cl)ccc(OCCCN)c2[nH]1.Cl.Cl. The van der Waals surface area contributed by atoms with Crippen molar-refractivity contribution >= 4 is 59.2 Å². The van der Waals surface area contributed by atoms with Gasteiger partial charge in [-0.15, -0.1) is 24.8 Å². The van der Waals surface area contributed by atoms with Crippen LogP contribution in [0.4, 0.5) is 0 Å². The lowest BCUT2D eigenvalue weighted by Crippen LogP contribution is -2.38. The van der Waals surface area contributed by atoms with Crippen molar-refractivity contribution in [3.8, 4) is 5.75 Å². The number of carbonyl (C=O) groups excluding carboxylic acids is 1. The number of halogens is 3. The molecule has 0 aliphatic rings. The molecule has 2 rings (SSSR count). The number of benzene rings is 1. The lowest BCUT2D eigenvalue weighted by atomic mass is 10.2. The van der Waals surface area contributed by atoms with Crippen LogP contribution in [0.3, 0.4) is 0 Å². The molecule has 1 aromatic carbocycles. The summed E-state index contributed by atoms with van der Waals surface area (Å²) in [5.41, 5.74) is 11.7. The second-order valence-corrected chi connectivity index (χ2v) is 5.16. The van der Waals surface area contributed by atoms with Gasteiger partial charge in [0.05, 0.1) is 17.1 Å². The van der Waals surface area contributed by atoms with Gasteiger partial charge in [0.1, 0.15) is 11.4 Å². The summed E-state index contributed by atoms with van der Waals surface area (Å²) in [5.74, 6) is -0.167. The highest BCUT2D eigenvalue weighted by Crippen LogP contribution is 2.32. The zero-order chi connectivity index (χ0) is 16.3. The van der Waals surface area contributed by atoms with Gasteiger partial charge >= 0.3 is 0 Å². The quantitative estimate of drug-likeness (QED) is 0.352. The predicted octanol–water partition coefficient (Wildman–Crippen LogP) is 2.36. The molecular formula is C14H20Cl3N5O2. The summed E-state index contributed by atoms with van der Waals surface area (Å²) in [7, 11) is 1.43. The van der Waals surface area contributed by atoms with Crippen LogP contribution in [0.1, 0.15) is 16.9 Å². The van der Waals surface area contributed by atoms with E-state index >= 15 is 0 Å². The first-order valence-electron chi connectivity index (χ1n) is 6.72. The summed E-state index contributed by atoms with van der Waals surface area (Å²) in [5, 5.41) is 8.49. The number of nitrogens with zero attached hydrogens (tertiary/aromatic N) is 1. The maximum Gasteiger partial charge on any atom is 0.276 e. The molecule has 0 spiro atoms. The molecule has 134 valence electrons. The number of fused-ring (bicyclic) bond motifs is 1. The van der Waals surface area contributed by atoms with E-state index in [1.165, 1.54) is 7.05 Å². The first-order chi connectivity index (χ1) is 10.5. The minimum absolute atomic E-state index is 0. The highest BCUT2D eigenvalue weighted by atomic mass is 35.5. The van der Waals surface area contributed by atoms with Crippen LogP contribution >= 0.6 is 36.4 Å². The van der Waals surface area contributed by atoms with Gasteiger partial charge in [-0.3, -0.25) is 15.1 Å². The molecule has 0 atom stereocenters. The monoisotopic (exact) mass is 395 g/mol. The molecule has 0 unspecified atom stereocenters. The topological polar surface area (TPSA) is 121 Å². The van der Waals surface area contributed by atoms with Gasteiger partial charge in [-0.1, -0.05) is 11.6 Å². The van der Waals surface area contributed by atoms with E-state index in [4.69, 9.17) is 33.2 Å². The smallest absolute Gasteiger partial charge is 0.276 e. The van der Waals surface area contributed by atoms with Gasteiger partial charge in [-0.05, 0) is 31.2 Å². The third kappa shape index (κ3) is 4.67. The molecule has 1 amide bonds. The molecule has 0 aliphatic heterocycles. The van der Waals surface area contributed by atoms with E-state index in [-0.39, 0.29) is 36.5 Å². The number of aromatic amines is 1. The fraction of sp³-hybridized carbons (Fsp3) is 0.286. The summed E-state index contributed by atoms with van der Waals surface area (Å²) in [4.78, 5) is 16.2. The Hall–Kier alpha value is -1.67. The second-order valence-electron chi connectivity index (χ2n) is 4.76. The van der Waals surface area contributed by atoms with Crippen LogP contribution in [0.5, 0.6) is 5.75 Å². The number of nitrogens with two attached hydrogens (primary N) is 2. The molecular weight excluding hydrogens is 377 g/mol. The Morgan fingerprint density at radius 2 is 2.08 bits per heavy atom. The number of aromatic nitrogens is 1. The van der Waals surface area contributed by atoms with Crippen LogP contribution in [0.15, 0.2) is 18.2 Å². The molecule has 0 saturated carbocycles. The molecule has 7 nitrogen and oxygen atoms in total. The first kappa shape index (κ1) is 22.3. The Labute approximate surface area is 157 Å². The van der Waals surface area contributed by atoms with Crippen molar-refractivity contribution in [2.24, 2.45) is 11.5 Å². The maximum absolute atomic E-state index is 12.2. The lowest BCUT2D eigenvalue weighted by Gasteiger charge is -2.12. The van der Waals surface area contributed by atoms with Gasteiger partial charge in [0, 0.05) is 12.4 Å². The average Bonchev–Trinajstić information content (AvgIpc) is 2.94. The van der Waals surface area contributed by atoms with Crippen molar-refractivity contribution in [1.29, 1.82) is 5.41 Å². The molecule has 2 aromatic rings. The summed E-state index contributed by atoms with van der Waals surface area (Å²) >= 11 is 6.16. The normalized spacial score (nSPS) is 9.79. The van der Waals surface area contributed by atoms with Crippen molar-refractivity contribution in [3.63, 3.8) is 0 Å². The number of rotatable bonds is 5. The second kappa shape index (κ2) is 9.58. The van der Waals surface area contributed by atoms with E-state index in [0.29, 0.717) is 34.8 Å². The number of H-pyrrole nitrogens is 1. The minimum atomic E-state index is -0.423. The molecule has 0 bridgehead atoms. The Morgan fingerprint density at radius 1 is 1.42 bits per heavy atom. The fourth-order valence-electron chi connectivity index (χ4n) is 1.95. The van der Waals surface area contributed by atoms with Crippen molar-refractivity contribution in [2.75, 3.05) is 20.2 Å². The third-order valence-corrected chi connectivity index (χ3v) is 3.53. The molecule has 6 N–H and O–H groups in total. The first-order valence-corrected chi connectivity index (χ1v) is 7.09. The standard InChI is InChI=1S/C14H18ClN5O2.2ClH/c1-20(14(17)18)13(21)10-7-8-9(15)3-4-11(12(8)19-10)22-6-2-5-16;;/h3-4,7,19H,2,5-6,16H2,1H3,(H3,17,18);2*1H. The predicted molar refractivity (Wildman–Crippen MR) is 101 cm³/mol. The molecule has 1 heterocycles. The van der Waals surface area contributed by atoms with Crippen molar-refractivity contribution < 1.29 is 9.53 Å². The Bertz CT molecular complexity index is 720. The summed E-state index contributed by atoms with van der Waals surface area (Å²) in [6.45, 7) is 1.01. The number of hydrogen-bond donors (Lipinski definition) is 4. The van der Waals surface area contributed by atoms with Crippen LogP contribution in [-0.2, 0) is 0 Å². The Kier molecular flexibility index (Phi) is 8.92. The highest BCUT2D eigenvalue weighted by molar-refractivity contribution is 6.35. The molecule has 24 heavy (non-hydrogen) atoms. The van der Waals surface area contributed by atoms with Crippen LogP contribution in [0, 0.1) is 5.41 Å². The minimum Gasteiger partial charge on any atom is -0.491 e. The van der Waals surface area contributed by atoms with E-state index in [1.54, 1.807) is 18.2 Å². The van der Waals surface area contributed by atoms with Crippen LogP contribution < -0.4 is 16.2 Å². The number of ether oxygens (including phenoxy) is 1. The van der Waals surface area contributed by atoms with E-state index in [2.05, 4.69) is 4.98 Å². The van der Waals surface area contributed by atoms with Crippen molar-refractivity contribution in [3.05, 3.63) is 28.9 Å². The van der Waals surface area contributed by atoms with Crippen LogP contribution in [-0.4, -0.2) is 41.9 Å². The molecule has 1 aromatic heterocycles. The van der Waals surface area contributed by atoms with E-state index in [9.17, 15) is 4.79 Å². The van der Waals surface area contributed by atoms with Gasteiger partial charge in [0.2, 0.25) is 0 Å². The number of guanidine groups is 1. The zero-order valence-corrected chi connectivity index (χ0v) is 15.4. The van der Waals surface area contributed by atoms with Crippen LogP contribution in [0.25, 0.3) is 10.9 Å². The average molecular weight is 397 g/mol. The number of hydrogen-bond acceptors (Lipinski definition) is 4. The highest BCUT2D eigenvalue weighted by Gasteiger charge is 2.18. The lowest BCUT2D eigenvalue weighted by molar-refractivity contribution is 0.0864. The van der Waals surface area contributed by atoms with E-state index in [0.717, 1.165) is 11.3 Å². The zero-order valence-electron chi connectivity index (χ0n) is 13.0. The Balaban J connectivity index is 0.00000264. The van der Waals surface area contributed by atoms with Crippen molar-refractivity contribution in [2.45, 2.75) is 6.42 Å². The molecule has 0 radical (unpaired) electrons. The summed E-state index contributed by atoms with van der Waals surface area (Å²) < 4.78 is 5.65. The molecule has 0 fully saturated rings. The van der Waals surface area contributed by atoms with Gasteiger partial charge in [0.25, 0.3) is 5.91 Å². The summed E-state index contributed by atoms with van der Waals surface area (Å²) in [6.07, 6.45) is 0.726. The van der Waals surface area contributed by atoms with Gasteiger partial charge in [-0.25, -0.2) is 0 Å².